The molecule has 1 aliphatic heterocycles. The van der Waals surface area contributed by atoms with Crippen LogP contribution in [0.3, 0.4) is 0 Å². The standard InChI is InChI=1S/C43H90N3O2/c1-3-5-7-9-11-13-15-17-19-21-23-25-27-29-32-42(47)40-45-35-38-46(39-36-45,37-31-34-44)41-43(48)33-30-28-26-24-22-20-18-16-14-12-10-8-6-4-2/h42-43,47-48H,3-41,44H2,1-2H3/q+1. The highest BCUT2D eigenvalue weighted by molar-refractivity contribution is 4.71. The summed E-state index contributed by atoms with van der Waals surface area (Å²) in [5, 5.41) is 21.8. The van der Waals surface area contributed by atoms with E-state index in [1.165, 1.54) is 167 Å². The van der Waals surface area contributed by atoms with Gasteiger partial charge in [-0.05, 0) is 19.4 Å². The lowest BCUT2D eigenvalue weighted by Gasteiger charge is -2.46. The van der Waals surface area contributed by atoms with E-state index in [2.05, 4.69) is 18.7 Å². The summed E-state index contributed by atoms with van der Waals surface area (Å²) in [6.07, 6.45) is 41.1. The van der Waals surface area contributed by atoms with E-state index < -0.39 is 0 Å². The normalized spacial score (nSPS) is 16.4. The van der Waals surface area contributed by atoms with Crippen LogP contribution in [-0.4, -0.2) is 84.2 Å². The molecule has 1 saturated heterocycles. The number of aliphatic hydroxyl groups is 2. The molecule has 0 spiro atoms. The highest BCUT2D eigenvalue weighted by Crippen LogP contribution is 2.20. The lowest BCUT2D eigenvalue weighted by atomic mass is 10.0. The molecule has 4 N–H and O–H groups in total. The van der Waals surface area contributed by atoms with E-state index in [1.54, 1.807) is 0 Å². The number of piperazine rings is 1. The number of rotatable bonds is 37. The summed E-state index contributed by atoms with van der Waals surface area (Å²) >= 11 is 0. The van der Waals surface area contributed by atoms with Crippen molar-refractivity contribution in [3.05, 3.63) is 0 Å². The van der Waals surface area contributed by atoms with Gasteiger partial charge in [-0.2, -0.15) is 0 Å². The predicted molar refractivity (Wildman–Crippen MR) is 212 cm³/mol. The first-order valence-electron chi connectivity index (χ1n) is 22.2. The van der Waals surface area contributed by atoms with Crippen LogP contribution in [-0.2, 0) is 0 Å². The molecule has 288 valence electrons. The van der Waals surface area contributed by atoms with Gasteiger partial charge in [-0.15, -0.1) is 0 Å². The molecule has 1 aliphatic rings. The Hall–Kier alpha value is -0.200. The SMILES string of the molecule is CCCCCCCCCCCCCCCCC(O)CN1CC[N+](CCCN)(CC(O)CCCCCCCCCCCCCCCC)CC1. The second kappa shape index (κ2) is 33.9. The zero-order valence-electron chi connectivity index (χ0n) is 33.1. The third-order valence-corrected chi connectivity index (χ3v) is 11.5. The molecular formula is C43H90N3O2+. The fraction of sp³-hybridized carbons (Fsp3) is 1.00. The Morgan fingerprint density at radius 1 is 0.479 bits per heavy atom. The van der Waals surface area contributed by atoms with Gasteiger partial charge in [0.15, 0.2) is 0 Å². The van der Waals surface area contributed by atoms with E-state index in [1.807, 2.05) is 0 Å². The molecule has 0 amide bonds. The second-order valence-electron chi connectivity index (χ2n) is 16.2. The van der Waals surface area contributed by atoms with Gasteiger partial charge < -0.3 is 20.4 Å². The van der Waals surface area contributed by atoms with E-state index in [9.17, 15) is 10.2 Å². The van der Waals surface area contributed by atoms with Crippen molar-refractivity contribution < 1.29 is 14.7 Å². The minimum atomic E-state index is -0.197. The Morgan fingerprint density at radius 2 is 0.812 bits per heavy atom. The van der Waals surface area contributed by atoms with Crippen molar-refractivity contribution in [3.8, 4) is 0 Å². The van der Waals surface area contributed by atoms with Crippen molar-refractivity contribution in [1.82, 2.24) is 4.90 Å². The van der Waals surface area contributed by atoms with Crippen LogP contribution in [0.1, 0.15) is 213 Å². The molecule has 0 saturated carbocycles. The van der Waals surface area contributed by atoms with Gasteiger partial charge in [-0.1, -0.05) is 194 Å². The third-order valence-electron chi connectivity index (χ3n) is 11.5. The predicted octanol–water partition coefficient (Wildman–Crippen LogP) is 10.9. The zero-order chi connectivity index (χ0) is 34.8. The van der Waals surface area contributed by atoms with Gasteiger partial charge in [0.1, 0.15) is 12.6 Å². The summed E-state index contributed by atoms with van der Waals surface area (Å²) < 4.78 is 1.02. The molecule has 1 rings (SSSR count). The molecule has 2 atom stereocenters. The lowest BCUT2D eigenvalue weighted by molar-refractivity contribution is -0.934. The molecule has 2 unspecified atom stereocenters. The number of hydrogen-bond donors (Lipinski definition) is 3. The number of unbranched alkanes of at least 4 members (excludes halogenated alkanes) is 26. The number of nitrogens with zero attached hydrogens (tertiary/aromatic N) is 2. The first-order chi connectivity index (χ1) is 23.5. The van der Waals surface area contributed by atoms with Crippen LogP contribution in [0.5, 0.6) is 0 Å². The minimum absolute atomic E-state index is 0.197. The van der Waals surface area contributed by atoms with Crippen molar-refractivity contribution in [3.63, 3.8) is 0 Å². The summed E-state index contributed by atoms with van der Waals surface area (Å²) in [6.45, 7) is 12.3. The maximum Gasteiger partial charge on any atom is 0.105 e. The molecule has 1 fully saturated rings. The summed E-state index contributed by atoms with van der Waals surface area (Å²) in [5.74, 6) is 0. The van der Waals surface area contributed by atoms with Crippen molar-refractivity contribution >= 4 is 0 Å². The van der Waals surface area contributed by atoms with Crippen LogP contribution < -0.4 is 5.73 Å². The molecule has 0 radical (unpaired) electrons. The van der Waals surface area contributed by atoms with E-state index in [0.29, 0.717) is 0 Å². The van der Waals surface area contributed by atoms with Crippen LogP contribution in [0.4, 0.5) is 0 Å². The Morgan fingerprint density at radius 3 is 1.17 bits per heavy atom. The van der Waals surface area contributed by atoms with Gasteiger partial charge >= 0.3 is 0 Å². The quantitative estimate of drug-likeness (QED) is 0.0451. The Bertz CT molecular complexity index is 640. The molecule has 48 heavy (non-hydrogen) atoms. The molecule has 0 aliphatic carbocycles. The maximum atomic E-state index is 11.0. The lowest BCUT2D eigenvalue weighted by Crippen LogP contribution is -2.62. The highest BCUT2D eigenvalue weighted by atomic mass is 16.3. The van der Waals surface area contributed by atoms with Gasteiger partial charge in [-0.3, -0.25) is 4.90 Å². The fourth-order valence-electron chi connectivity index (χ4n) is 8.11. The first-order valence-corrected chi connectivity index (χ1v) is 22.2. The Labute approximate surface area is 302 Å². The number of quaternary nitrogens is 1. The Balaban J connectivity index is 2.07. The second-order valence-corrected chi connectivity index (χ2v) is 16.2. The van der Waals surface area contributed by atoms with E-state index >= 15 is 0 Å². The van der Waals surface area contributed by atoms with Gasteiger partial charge in [0, 0.05) is 26.1 Å². The molecule has 0 aromatic heterocycles. The minimum Gasteiger partial charge on any atom is -0.392 e. The molecule has 5 heteroatoms. The number of aliphatic hydroxyl groups excluding tert-OH is 2. The maximum absolute atomic E-state index is 11.0. The molecule has 0 aromatic carbocycles. The fourth-order valence-corrected chi connectivity index (χ4v) is 8.11. The van der Waals surface area contributed by atoms with Crippen molar-refractivity contribution in [1.29, 1.82) is 0 Å². The van der Waals surface area contributed by atoms with Crippen LogP contribution in [0, 0.1) is 0 Å². The van der Waals surface area contributed by atoms with Crippen LogP contribution >= 0.6 is 0 Å². The average molecular weight is 681 g/mol. The molecule has 0 bridgehead atoms. The van der Waals surface area contributed by atoms with Crippen molar-refractivity contribution in [2.45, 2.75) is 225 Å². The highest BCUT2D eigenvalue weighted by Gasteiger charge is 2.34. The third kappa shape index (κ3) is 27.5. The summed E-state index contributed by atoms with van der Waals surface area (Å²) in [6, 6.07) is 0. The Kier molecular flexibility index (Phi) is 32.4. The van der Waals surface area contributed by atoms with E-state index in [-0.39, 0.29) is 12.2 Å². The van der Waals surface area contributed by atoms with Gasteiger partial charge in [0.05, 0.1) is 25.7 Å². The smallest absolute Gasteiger partial charge is 0.105 e. The van der Waals surface area contributed by atoms with Crippen molar-refractivity contribution in [2.75, 3.05) is 52.4 Å². The van der Waals surface area contributed by atoms with Crippen molar-refractivity contribution in [2.24, 2.45) is 5.73 Å². The van der Waals surface area contributed by atoms with Gasteiger partial charge in [-0.25, -0.2) is 0 Å². The van der Waals surface area contributed by atoms with Crippen LogP contribution in [0.2, 0.25) is 0 Å². The van der Waals surface area contributed by atoms with E-state index in [0.717, 1.165) is 88.9 Å². The van der Waals surface area contributed by atoms with E-state index in [4.69, 9.17) is 5.73 Å². The average Bonchev–Trinajstić information content (AvgIpc) is 3.08. The number of β-amino-alcohol motifs (C(OH)–C–C–N with tert-alkyl or cyclic N) is 1. The summed E-state index contributed by atoms with van der Waals surface area (Å²) in [7, 11) is 0. The molecule has 1 heterocycles. The van der Waals surface area contributed by atoms with Gasteiger partial charge in [0.2, 0.25) is 0 Å². The number of hydrogen-bond acceptors (Lipinski definition) is 4. The summed E-state index contributed by atoms with van der Waals surface area (Å²) in [5.41, 5.74) is 5.93. The summed E-state index contributed by atoms with van der Waals surface area (Å²) in [4.78, 5) is 2.48. The molecule has 5 nitrogen and oxygen atoms in total. The molecule has 0 aromatic rings. The topological polar surface area (TPSA) is 69.7 Å². The van der Waals surface area contributed by atoms with Crippen LogP contribution in [0.25, 0.3) is 0 Å². The number of nitrogens with two attached hydrogens (primary N) is 1. The molecular weight excluding hydrogens is 590 g/mol. The largest absolute Gasteiger partial charge is 0.392 e. The van der Waals surface area contributed by atoms with Crippen LogP contribution in [0.15, 0.2) is 0 Å². The van der Waals surface area contributed by atoms with Gasteiger partial charge in [0.25, 0.3) is 0 Å². The zero-order valence-corrected chi connectivity index (χ0v) is 33.1. The first kappa shape index (κ1) is 45.8. The monoisotopic (exact) mass is 681 g/mol.